The van der Waals surface area contributed by atoms with Gasteiger partial charge in [-0.25, -0.2) is 17.6 Å². The fourth-order valence-electron chi connectivity index (χ4n) is 1.63. The molecular formula is C13H15F4NO2. The minimum absolute atomic E-state index is 0.0890. The molecule has 3 nitrogen and oxygen atoms in total. The molecule has 0 heterocycles. The average molecular weight is 293 g/mol. The van der Waals surface area contributed by atoms with Crippen molar-refractivity contribution in [2.24, 2.45) is 0 Å². The van der Waals surface area contributed by atoms with Crippen LogP contribution < -0.4 is 5.32 Å². The zero-order valence-electron chi connectivity index (χ0n) is 10.7. The second-order valence-corrected chi connectivity index (χ2v) is 4.24. The molecule has 1 aromatic carbocycles. The number of unbranched alkanes of at least 4 members (excludes halogenated alkanes) is 3. The molecule has 112 valence electrons. The highest BCUT2D eigenvalue weighted by Gasteiger charge is 2.22. The molecule has 0 radical (unpaired) electrons. The zero-order valence-corrected chi connectivity index (χ0v) is 10.7. The molecule has 20 heavy (non-hydrogen) atoms. The number of aliphatic hydroxyl groups excluding tert-OH is 1. The number of carbonyl (C=O) groups is 1. The Morgan fingerprint density at radius 2 is 1.65 bits per heavy atom. The van der Waals surface area contributed by atoms with E-state index in [4.69, 9.17) is 5.11 Å². The van der Waals surface area contributed by atoms with Crippen LogP contribution in [0.2, 0.25) is 0 Å². The Morgan fingerprint density at radius 1 is 1.00 bits per heavy atom. The first-order chi connectivity index (χ1) is 9.49. The Hall–Kier alpha value is -1.63. The fraction of sp³-hybridized carbons (Fsp3) is 0.462. The van der Waals surface area contributed by atoms with E-state index in [0.29, 0.717) is 18.9 Å². The van der Waals surface area contributed by atoms with Crippen molar-refractivity contribution < 1.29 is 27.5 Å². The third kappa shape index (κ3) is 4.19. The maximum absolute atomic E-state index is 13.3. The van der Waals surface area contributed by atoms with Crippen LogP contribution in [0, 0.1) is 23.3 Å². The number of hydrogen-bond donors (Lipinski definition) is 2. The molecule has 0 atom stereocenters. The van der Waals surface area contributed by atoms with Gasteiger partial charge in [0.1, 0.15) is 0 Å². The molecule has 1 rings (SSSR count). The Morgan fingerprint density at radius 3 is 2.30 bits per heavy atom. The van der Waals surface area contributed by atoms with E-state index >= 15 is 0 Å². The van der Waals surface area contributed by atoms with E-state index in [2.05, 4.69) is 5.32 Å². The maximum atomic E-state index is 13.3. The number of rotatable bonds is 7. The van der Waals surface area contributed by atoms with Gasteiger partial charge in [0.2, 0.25) is 0 Å². The number of amides is 1. The third-order valence-electron chi connectivity index (χ3n) is 2.72. The number of benzene rings is 1. The lowest BCUT2D eigenvalue weighted by Gasteiger charge is -2.07. The van der Waals surface area contributed by atoms with E-state index in [-0.39, 0.29) is 13.2 Å². The summed E-state index contributed by atoms with van der Waals surface area (Å²) in [6.45, 7) is 0.288. The van der Waals surface area contributed by atoms with Crippen molar-refractivity contribution in [2.75, 3.05) is 13.2 Å². The summed E-state index contributed by atoms with van der Waals surface area (Å²) in [5.74, 6) is -8.26. The molecule has 0 saturated heterocycles. The van der Waals surface area contributed by atoms with E-state index in [1.165, 1.54) is 0 Å². The lowest BCUT2D eigenvalue weighted by Crippen LogP contribution is -2.26. The van der Waals surface area contributed by atoms with Crippen LogP contribution in [-0.2, 0) is 0 Å². The van der Waals surface area contributed by atoms with E-state index < -0.39 is 34.7 Å². The van der Waals surface area contributed by atoms with Gasteiger partial charge in [0.25, 0.3) is 5.91 Å². The van der Waals surface area contributed by atoms with E-state index in [1.807, 2.05) is 0 Å². The molecule has 0 bridgehead atoms. The molecule has 0 fully saturated rings. The summed E-state index contributed by atoms with van der Waals surface area (Å²) < 4.78 is 51.9. The molecule has 7 heteroatoms. The highest BCUT2D eigenvalue weighted by atomic mass is 19.2. The van der Waals surface area contributed by atoms with Crippen molar-refractivity contribution in [3.05, 3.63) is 34.9 Å². The topological polar surface area (TPSA) is 49.3 Å². The standard InChI is InChI=1S/C13H15F4NO2/c14-9-7-8(10(15)12(17)11(9)16)13(20)18-5-3-1-2-4-6-19/h7,19H,1-6H2,(H,18,20). The molecule has 0 aliphatic carbocycles. The van der Waals surface area contributed by atoms with Crippen molar-refractivity contribution in [2.45, 2.75) is 25.7 Å². The number of nitrogens with one attached hydrogen (secondary N) is 1. The van der Waals surface area contributed by atoms with E-state index in [9.17, 15) is 22.4 Å². The molecule has 0 saturated carbocycles. The van der Waals surface area contributed by atoms with Crippen molar-refractivity contribution in [3.63, 3.8) is 0 Å². The van der Waals surface area contributed by atoms with Crippen LogP contribution in [0.15, 0.2) is 6.07 Å². The van der Waals surface area contributed by atoms with Gasteiger partial charge >= 0.3 is 0 Å². The number of hydrogen-bond acceptors (Lipinski definition) is 2. The molecule has 0 aromatic heterocycles. The van der Waals surface area contributed by atoms with Crippen molar-refractivity contribution in [1.82, 2.24) is 5.32 Å². The monoisotopic (exact) mass is 293 g/mol. The van der Waals surface area contributed by atoms with Gasteiger partial charge in [0.05, 0.1) is 5.56 Å². The Labute approximate surface area is 113 Å². The fourth-order valence-corrected chi connectivity index (χ4v) is 1.63. The smallest absolute Gasteiger partial charge is 0.254 e. The summed E-state index contributed by atoms with van der Waals surface area (Å²) >= 11 is 0. The maximum Gasteiger partial charge on any atom is 0.254 e. The zero-order chi connectivity index (χ0) is 15.1. The Balaban J connectivity index is 2.56. The quantitative estimate of drug-likeness (QED) is 0.351. The second kappa shape index (κ2) is 7.84. The summed E-state index contributed by atoms with van der Waals surface area (Å²) in [6.07, 6.45) is 2.76. The first-order valence-corrected chi connectivity index (χ1v) is 6.21. The SMILES string of the molecule is O=C(NCCCCCCO)c1cc(F)c(F)c(F)c1F. The number of carbonyl (C=O) groups excluding carboxylic acids is 1. The summed E-state index contributed by atoms with van der Waals surface area (Å²) in [6, 6.07) is 0.328. The second-order valence-electron chi connectivity index (χ2n) is 4.24. The van der Waals surface area contributed by atoms with Gasteiger partial charge in [-0.15, -0.1) is 0 Å². The molecule has 0 unspecified atom stereocenters. The Bertz CT molecular complexity index is 480. The third-order valence-corrected chi connectivity index (χ3v) is 2.72. The van der Waals surface area contributed by atoms with E-state index in [1.54, 1.807) is 0 Å². The molecule has 1 aromatic rings. The highest BCUT2D eigenvalue weighted by Crippen LogP contribution is 2.18. The molecule has 2 N–H and O–H groups in total. The lowest BCUT2D eigenvalue weighted by molar-refractivity contribution is 0.0946. The summed E-state index contributed by atoms with van der Waals surface area (Å²) in [5, 5.41) is 10.8. The van der Waals surface area contributed by atoms with Crippen LogP contribution >= 0.6 is 0 Å². The van der Waals surface area contributed by atoms with Crippen molar-refractivity contribution in [3.8, 4) is 0 Å². The van der Waals surface area contributed by atoms with Gasteiger partial charge in [-0.2, -0.15) is 0 Å². The largest absolute Gasteiger partial charge is 0.396 e. The van der Waals surface area contributed by atoms with Crippen LogP contribution in [0.4, 0.5) is 17.6 Å². The van der Waals surface area contributed by atoms with Gasteiger partial charge in [-0.3, -0.25) is 4.79 Å². The van der Waals surface area contributed by atoms with Crippen molar-refractivity contribution >= 4 is 5.91 Å². The van der Waals surface area contributed by atoms with Gasteiger partial charge in [-0.05, 0) is 18.9 Å². The molecule has 1 amide bonds. The molecule has 0 spiro atoms. The normalized spacial score (nSPS) is 10.7. The van der Waals surface area contributed by atoms with Crippen LogP contribution in [0.3, 0.4) is 0 Å². The van der Waals surface area contributed by atoms with Crippen LogP contribution in [0.5, 0.6) is 0 Å². The summed E-state index contributed by atoms with van der Waals surface area (Å²) in [5.41, 5.74) is -0.864. The van der Waals surface area contributed by atoms with Gasteiger partial charge in [-0.1, -0.05) is 12.8 Å². The van der Waals surface area contributed by atoms with Crippen LogP contribution in [0.1, 0.15) is 36.0 Å². The predicted molar refractivity (Wildman–Crippen MR) is 64.2 cm³/mol. The highest BCUT2D eigenvalue weighted by molar-refractivity contribution is 5.94. The summed E-state index contributed by atoms with van der Waals surface area (Å²) in [7, 11) is 0. The molecule has 0 aliphatic heterocycles. The lowest BCUT2D eigenvalue weighted by atomic mass is 10.1. The van der Waals surface area contributed by atoms with Gasteiger partial charge in [0, 0.05) is 13.2 Å². The number of halogens is 4. The van der Waals surface area contributed by atoms with Gasteiger partial charge < -0.3 is 10.4 Å². The van der Waals surface area contributed by atoms with Crippen molar-refractivity contribution in [1.29, 1.82) is 0 Å². The van der Waals surface area contributed by atoms with Crippen LogP contribution in [-0.4, -0.2) is 24.2 Å². The summed E-state index contributed by atoms with van der Waals surface area (Å²) in [4.78, 5) is 11.5. The predicted octanol–water partition coefficient (Wildman–Crippen LogP) is 2.53. The molecular weight excluding hydrogens is 278 g/mol. The first-order valence-electron chi connectivity index (χ1n) is 6.21. The number of aliphatic hydroxyl groups is 1. The minimum atomic E-state index is -2.00. The van der Waals surface area contributed by atoms with Gasteiger partial charge in [0.15, 0.2) is 23.3 Å². The first kappa shape index (κ1) is 16.4. The van der Waals surface area contributed by atoms with E-state index in [0.717, 1.165) is 12.8 Å². The Kier molecular flexibility index (Phi) is 6.44. The average Bonchev–Trinajstić information content (AvgIpc) is 2.44. The molecule has 0 aliphatic rings. The van der Waals surface area contributed by atoms with Crippen LogP contribution in [0.25, 0.3) is 0 Å². The minimum Gasteiger partial charge on any atom is -0.396 e.